The van der Waals surface area contributed by atoms with Gasteiger partial charge in [-0.2, -0.15) is 0 Å². The Hall–Kier alpha value is -1.91. The molecule has 1 heterocycles. The van der Waals surface area contributed by atoms with Crippen molar-refractivity contribution in [3.8, 4) is 0 Å². The highest BCUT2D eigenvalue weighted by Crippen LogP contribution is 2.37. The lowest BCUT2D eigenvalue weighted by Gasteiger charge is -2.18. The third-order valence-electron chi connectivity index (χ3n) is 3.32. The van der Waals surface area contributed by atoms with Crippen molar-refractivity contribution in [1.82, 2.24) is 0 Å². The topological polar surface area (TPSA) is 37.4 Å². The Morgan fingerprint density at radius 1 is 1.00 bits per heavy atom. The molecule has 0 bridgehead atoms. The maximum atomic E-state index is 13.9. The summed E-state index contributed by atoms with van der Waals surface area (Å²) in [6, 6.07) is 8.92. The first-order chi connectivity index (χ1) is 10.0. The van der Waals surface area contributed by atoms with Crippen LogP contribution in [0.5, 0.6) is 0 Å². The maximum absolute atomic E-state index is 13.9. The fourth-order valence-corrected chi connectivity index (χ4v) is 2.80. The summed E-state index contributed by atoms with van der Waals surface area (Å²) in [5.41, 5.74) is 0.668. The van der Waals surface area contributed by atoms with Crippen molar-refractivity contribution in [2.75, 3.05) is 4.90 Å². The number of amides is 1. The Labute approximate surface area is 129 Å². The van der Waals surface area contributed by atoms with E-state index in [1.54, 1.807) is 12.1 Å². The molecule has 0 atom stereocenters. The summed E-state index contributed by atoms with van der Waals surface area (Å²) < 4.78 is 13.9. The molecule has 0 radical (unpaired) electrons. The number of carbonyl (C=O) groups excluding carboxylic acids is 2. The van der Waals surface area contributed by atoms with Gasteiger partial charge in [-0.1, -0.05) is 35.3 Å². The van der Waals surface area contributed by atoms with Gasteiger partial charge >= 0.3 is 0 Å². The molecule has 2 aromatic carbocycles. The maximum Gasteiger partial charge on any atom is 0.299 e. The molecule has 106 valence electrons. The largest absolute Gasteiger partial charge is 0.299 e. The van der Waals surface area contributed by atoms with Gasteiger partial charge in [0.1, 0.15) is 5.82 Å². The lowest BCUT2D eigenvalue weighted by molar-refractivity contribution is -0.114. The SMILES string of the molecule is O=C1C(=O)N(Cc2c(F)cccc2Cl)c2c(Cl)cccc21. The van der Waals surface area contributed by atoms with Crippen molar-refractivity contribution in [3.63, 3.8) is 0 Å². The minimum atomic E-state index is -0.739. The van der Waals surface area contributed by atoms with E-state index < -0.39 is 17.5 Å². The second kappa shape index (κ2) is 5.13. The average molecular weight is 324 g/mol. The van der Waals surface area contributed by atoms with E-state index in [0.717, 1.165) is 4.90 Å². The van der Waals surface area contributed by atoms with Gasteiger partial charge in [0.2, 0.25) is 0 Å². The number of para-hydroxylation sites is 1. The summed E-state index contributed by atoms with van der Waals surface area (Å²) in [5.74, 6) is -1.93. The van der Waals surface area contributed by atoms with Crippen LogP contribution in [-0.4, -0.2) is 11.7 Å². The molecule has 0 aromatic heterocycles. The van der Waals surface area contributed by atoms with Crippen molar-refractivity contribution in [2.45, 2.75) is 6.54 Å². The molecule has 6 heteroatoms. The van der Waals surface area contributed by atoms with Crippen LogP contribution in [0, 0.1) is 5.82 Å². The van der Waals surface area contributed by atoms with Crippen molar-refractivity contribution < 1.29 is 14.0 Å². The minimum Gasteiger partial charge on any atom is -0.299 e. The zero-order valence-corrected chi connectivity index (χ0v) is 12.1. The fourth-order valence-electron chi connectivity index (χ4n) is 2.30. The predicted octanol–water partition coefficient (Wildman–Crippen LogP) is 3.86. The summed E-state index contributed by atoms with van der Waals surface area (Å²) in [7, 11) is 0. The highest BCUT2D eigenvalue weighted by molar-refractivity contribution is 6.54. The van der Waals surface area contributed by atoms with E-state index >= 15 is 0 Å². The number of hydrogen-bond donors (Lipinski definition) is 0. The molecular weight excluding hydrogens is 316 g/mol. The lowest BCUT2D eigenvalue weighted by Crippen LogP contribution is -2.29. The average Bonchev–Trinajstić information content (AvgIpc) is 2.69. The molecule has 3 rings (SSSR count). The summed E-state index contributed by atoms with van der Waals surface area (Å²) in [5, 5.41) is 0.454. The normalized spacial score (nSPS) is 13.8. The smallest absolute Gasteiger partial charge is 0.299 e. The third kappa shape index (κ3) is 2.20. The van der Waals surface area contributed by atoms with E-state index in [1.807, 2.05) is 0 Å². The van der Waals surface area contributed by atoms with Gasteiger partial charge in [0.05, 0.1) is 22.8 Å². The molecule has 2 aromatic rings. The van der Waals surface area contributed by atoms with Crippen molar-refractivity contribution in [3.05, 3.63) is 63.4 Å². The molecule has 0 N–H and O–H groups in total. The molecule has 3 nitrogen and oxygen atoms in total. The van der Waals surface area contributed by atoms with E-state index in [9.17, 15) is 14.0 Å². The van der Waals surface area contributed by atoms with Crippen LogP contribution < -0.4 is 4.90 Å². The van der Waals surface area contributed by atoms with Gasteiger partial charge < -0.3 is 0 Å². The zero-order valence-electron chi connectivity index (χ0n) is 10.6. The molecule has 0 aliphatic carbocycles. The van der Waals surface area contributed by atoms with Gasteiger partial charge in [-0.15, -0.1) is 0 Å². The number of hydrogen-bond acceptors (Lipinski definition) is 2. The van der Waals surface area contributed by atoms with Crippen LogP contribution in [-0.2, 0) is 11.3 Å². The zero-order chi connectivity index (χ0) is 15.1. The Bertz CT molecular complexity index is 756. The molecule has 1 aliphatic rings. The number of nitrogens with zero attached hydrogens (tertiary/aromatic N) is 1. The number of fused-ring (bicyclic) bond motifs is 1. The quantitative estimate of drug-likeness (QED) is 0.787. The number of halogens is 3. The van der Waals surface area contributed by atoms with Crippen LogP contribution in [0.15, 0.2) is 36.4 Å². The van der Waals surface area contributed by atoms with Crippen LogP contribution in [0.25, 0.3) is 0 Å². The molecule has 0 saturated heterocycles. The van der Waals surface area contributed by atoms with Crippen molar-refractivity contribution >= 4 is 40.6 Å². The van der Waals surface area contributed by atoms with Crippen LogP contribution in [0.2, 0.25) is 10.0 Å². The van der Waals surface area contributed by atoms with Crippen LogP contribution in [0.1, 0.15) is 15.9 Å². The Balaban J connectivity index is 2.09. The number of Topliss-reactive ketones (excluding diaryl/α,β-unsaturated/α-hetero) is 1. The van der Waals surface area contributed by atoms with Crippen molar-refractivity contribution in [2.24, 2.45) is 0 Å². The molecular formula is C15H8Cl2FNO2. The molecule has 0 spiro atoms. The first-order valence-electron chi connectivity index (χ1n) is 6.08. The number of rotatable bonds is 2. The molecule has 0 saturated carbocycles. The Morgan fingerprint density at radius 2 is 1.67 bits per heavy atom. The summed E-state index contributed by atoms with van der Waals surface area (Å²) in [6.45, 7) is -0.146. The summed E-state index contributed by atoms with van der Waals surface area (Å²) >= 11 is 12.0. The Kier molecular flexibility index (Phi) is 3.43. The molecule has 21 heavy (non-hydrogen) atoms. The number of carbonyl (C=O) groups is 2. The lowest BCUT2D eigenvalue weighted by atomic mass is 10.1. The molecule has 0 unspecified atom stereocenters. The number of ketones is 1. The number of anilines is 1. The van der Waals surface area contributed by atoms with Crippen LogP contribution >= 0.6 is 23.2 Å². The van der Waals surface area contributed by atoms with Crippen LogP contribution in [0.4, 0.5) is 10.1 Å². The standard InChI is InChI=1S/C15H8Cl2FNO2/c16-10-4-2-6-12(18)9(10)7-19-13-8(14(20)15(19)21)3-1-5-11(13)17/h1-6H,7H2. The van der Waals surface area contributed by atoms with E-state index in [2.05, 4.69) is 0 Å². The van der Waals surface area contributed by atoms with Gasteiger partial charge in [0, 0.05) is 10.6 Å². The van der Waals surface area contributed by atoms with Gasteiger partial charge in [-0.3, -0.25) is 14.5 Å². The fraction of sp³-hybridized carbons (Fsp3) is 0.0667. The minimum absolute atomic E-state index is 0.146. The van der Waals surface area contributed by atoms with Crippen LogP contribution in [0.3, 0.4) is 0 Å². The second-order valence-corrected chi connectivity index (χ2v) is 5.37. The highest BCUT2D eigenvalue weighted by atomic mass is 35.5. The van der Waals surface area contributed by atoms with Gasteiger partial charge in [0.25, 0.3) is 11.7 Å². The number of benzene rings is 2. The third-order valence-corrected chi connectivity index (χ3v) is 3.98. The predicted molar refractivity (Wildman–Crippen MR) is 78.4 cm³/mol. The highest BCUT2D eigenvalue weighted by Gasteiger charge is 2.37. The second-order valence-electron chi connectivity index (χ2n) is 4.56. The van der Waals surface area contributed by atoms with Crippen molar-refractivity contribution in [1.29, 1.82) is 0 Å². The van der Waals surface area contributed by atoms with Gasteiger partial charge in [-0.05, 0) is 24.3 Å². The van der Waals surface area contributed by atoms with E-state index in [4.69, 9.17) is 23.2 Å². The summed E-state index contributed by atoms with van der Waals surface area (Å²) in [4.78, 5) is 25.2. The van der Waals surface area contributed by atoms with E-state index in [1.165, 1.54) is 24.3 Å². The molecule has 1 amide bonds. The van der Waals surface area contributed by atoms with E-state index in [-0.39, 0.29) is 27.7 Å². The molecule has 1 aliphatic heterocycles. The monoisotopic (exact) mass is 323 g/mol. The van der Waals surface area contributed by atoms with E-state index in [0.29, 0.717) is 5.69 Å². The first kappa shape index (κ1) is 14.0. The molecule has 0 fully saturated rings. The Morgan fingerprint density at radius 3 is 2.38 bits per heavy atom. The first-order valence-corrected chi connectivity index (χ1v) is 6.84. The van der Waals surface area contributed by atoms with Gasteiger partial charge in [0.15, 0.2) is 0 Å². The van der Waals surface area contributed by atoms with Gasteiger partial charge in [-0.25, -0.2) is 4.39 Å². The summed E-state index contributed by atoms with van der Waals surface area (Å²) in [6.07, 6.45) is 0.